The first-order chi connectivity index (χ1) is 10.1. The van der Waals surface area contributed by atoms with Crippen molar-refractivity contribution in [1.82, 2.24) is 0 Å². The van der Waals surface area contributed by atoms with E-state index in [0.29, 0.717) is 5.41 Å². The van der Waals surface area contributed by atoms with Crippen LogP contribution in [-0.4, -0.2) is 4.40 Å². The molecule has 0 N–H and O–H groups in total. The quantitative estimate of drug-likeness (QED) is 0.281. The zero-order chi connectivity index (χ0) is 14.7. The minimum absolute atomic E-state index is 0. The van der Waals surface area contributed by atoms with Crippen LogP contribution in [-0.2, 0) is 24.3 Å². The van der Waals surface area contributed by atoms with Crippen LogP contribution in [0.2, 0.25) is 0 Å². The van der Waals surface area contributed by atoms with Crippen LogP contribution in [0.3, 0.4) is 0 Å². The van der Waals surface area contributed by atoms with Gasteiger partial charge in [0.25, 0.3) is 0 Å². The molecule has 3 rings (SSSR count). The van der Waals surface area contributed by atoms with Crippen molar-refractivity contribution in [2.24, 2.45) is 20.7 Å². The predicted octanol–water partition coefficient (Wildman–Crippen LogP) is 6.23. The van der Waals surface area contributed by atoms with Crippen molar-refractivity contribution >= 4 is 10.1 Å². The number of fused-ring (bicyclic) bond motifs is 3. The fraction of sp³-hybridized carbons (Fsp3) is 0.476. The van der Waals surface area contributed by atoms with Crippen LogP contribution in [0.4, 0.5) is 5.69 Å². The van der Waals surface area contributed by atoms with E-state index in [-0.39, 0.29) is 32.8 Å². The van der Waals surface area contributed by atoms with E-state index >= 15 is 0 Å². The van der Waals surface area contributed by atoms with Gasteiger partial charge < -0.3 is 14.9 Å². The summed E-state index contributed by atoms with van der Waals surface area (Å²) >= 11 is -0.334. The third kappa shape index (κ3) is 5.71. The van der Waals surface area contributed by atoms with Crippen LogP contribution >= 0.6 is 0 Å². The average Bonchev–Trinajstić information content (AvgIpc) is 2.92. The van der Waals surface area contributed by atoms with Gasteiger partial charge in [-0.05, 0) is 0 Å². The van der Waals surface area contributed by atoms with Crippen molar-refractivity contribution in [3.8, 4) is 0 Å². The number of allylic oxidation sites excluding steroid dienone is 2. The Morgan fingerprint density at radius 3 is 2.65 bits per heavy atom. The Bertz CT molecular complexity index is 594. The van der Waals surface area contributed by atoms with Crippen molar-refractivity contribution in [1.29, 1.82) is 0 Å². The molecule has 1 aromatic rings. The van der Waals surface area contributed by atoms with Gasteiger partial charge >= 0.3 is 137 Å². The standard InChI is InChI=1S/C19H25N.2CH3.Mo/c1-15-8-9-16(14-15)10-12-19(2,3)13-11-17-6-4-5-7-18(17)20;;;/h1,4-7,10,12,15-16H,8-9,11,13-14H2,2-3H3;2*1H3;/q;2*-1;+2/b12-10-;;;. The second-order valence-electron chi connectivity index (χ2n) is 7.14. The van der Waals surface area contributed by atoms with E-state index in [2.05, 4.69) is 54.7 Å². The molecule has 0 spiro atoms. The minimum Gasteiger partial charge on any atom is -0.358 e. The van der Waals surface area contributed by atoms with Crippen LogP contribution in [0.5, 0.6) is 0 Å². The van der Waals surface area contributed by atoms with Crippen molar-refractivity contribution in [3.05, 3.63) is 56.8 Å². The summed E-state index contributed by atoms with van der Waals surface area (Å²) in [6, 6.07) is 8.75. The summed E-state index contributed by atoms with van der Waals surface area (Å²) in [4.78, 5) is 0. The van der Waals surface area contributed by atoms with Crippen molar-refractivity contribution < 1.29 is 17.9 Å². The van der Waals surface area contributed by atoms with E-state index in [0.717, 1.165) is 18.3 Å². The zero-order valence-corrected chi connectivity index (χ0v) is 17.1. The number of hydrogen-bond acceptors (Lipinski definition) is 1. The Hall–Kier alpha value is -0.682. The molecule has 1 nitrogen and oxygen atoms in total. The molecule has 1 aromatic carbocycles. The number of aryl methyl sites for hydroxylation is 1. The third-order valence-corrected chi connectivity index (χ3v) is 6.76. The summed E-state index contributed by atoms with van der Waals surface area (Å²) in [6.07, 6.45) is 11.4. The normalized spacial score (nSPS) is 26.5. The third-order valence-electron chi connectivity index (χ3n) is 4.77. The van der Waals surface area contributed by atoms with Crippen LogP contribution in [0, 0.1) is 32.1 Å². The van der Waals surface area contributed by atoms with E-state index in [9.17, 15) is 0 Å². The summed E-state index contributed by atoms with van der Waals surface area (Å²) in [5.41, 5.74) is 2.98. The van der Waals surface area contributed by atoms with Gasteiger partial charge in [-0.2, -0.15) is 0 Å². The summed E-state index contributed by atoms with van der Waals surface area (Å²) < 4.78 is 7.54. The van der Waals surface area contributed by atoms with Gasteiger partial charge in [-0.25, -0.2) is 0 Å². The maximum absolute atomic E-state index is 4.97. The maximum Gasteiger partial charge on any atom is -0.358 e. The van der Waals surface area contributed by atoms with Crippen LogP contribution in [0.15, 0.2) is 39.9 Å². The summed E-state index contributed by atoms with van der Waals surface area (Å²) in [5, 5.41) is 0. The van der Waals surface area contributed by atoms with Gasteiger partial charge in [-0.1, -0.05) is 0 Å². The van der Waals surface area contributed by atoms with E-state index in [4.69, 9.17) is 3.50 Å². The van der Waals surface area contributed by atoms with E-state index < -0.39 is 0 Å². The number of nitrogens with zero attached hydrogens (tertiary/aromatic N) is 1. The van der Waals surface area contributed by atoms with Gasteiger partial charge in [0, 0.05) is 0 Å². The van der Waals surface area contributed by atoms with Crippen molar-refractivity contribution in [2.75, 3.05) is 0 Å². The fourth-order valence-corrected chi connectivity index (χ4v) is 5.17. The molecule has 1 aliphatic carbocycles. The zero-order valence-electron chi connectivity index (χ0n) is 15.1. The molecular weight excluding hydrogens is 362 g/mol. The molecule has 1 fully saturated rings. The molecular formula is C21H31MoN. The molecule has 2 bridgehead atoms. The molecule has 1 heterocycles. The average molecular weight is 393 g/mol. The molecule has 2 aliphatic rings. The van der Waals surface area contributed by atoms with E-state index in [1.165, 1.54) is 36.9 Å². The number of rotatable bonds is 0. The summed E-state index contributed by atoms with van der Waals surface area (Å²) in [7, 11) is 0. The van der Waals surface area contributed by atoms with Gasteiger partial charge in [0.1, 0.15) is 0 Å². The molecule has 2 unspecified atom stereocenters. The first-order valence-corrected chi connectivity index (χ1v) is 10.2. The smallest absolute Gasteiger partial charge is 0.358 e. The molecule has 1 saturated carbocycles. The van der Waals surface area contributed by atoms with Crippen LogP contribution in [0.1, 0.15) is 45.1 Å². The molecule has 0 radical (unpaired) electrons. The molecule has 2 atom stereocenters. The number of hydrogen-bond donors (Lipinski definition) is 0. The molecule has 0 saturated heterocycles. The first-order valence-electron chi connectivity index (χ1n) is 8.10. The molecule has 23 heavy (non-hydrogen) atoms. The van der Waals surface area contributed by atoms with Gasteiger partial charge in [0.05, 0.1) is 0 Å². The molecule has 0 aromatic heterocycles. The van der Waals surface area contributed by atoms with Gasteiger partial charge in [-0.3, -0.25) is 0 Å². The Balaban J connectivity index is 0.00000132. The second-order valence-corrected chi connectivity index (χ2v) is 8.78. The van der Waals surface area contributed by atoms with Gasteiger partial charge in [0.15, 0.2) is 0 Å². The summed E-state index contributed by atoms with van der Waals surface area (Å²) in [5.74, 6) is 1.63. The van der Waals surface area contributed by atoms with Crippen LogP contribution in [0.25, 0.3) is 0 Å². The monoisotopic (exact) mass is 395 g/mol. The Morgan fingerprint density at radius 1 is 1.09 bits per heavy atom. The Kier molecular flexibility index (Phi) is 7.94. The molecule has 1 aliphatic heterocycles. The van der Waals surface area contributed by atoms with Crippen molar-refractivity contribution in [3.63, 3.8) is 0 Å². The second kappa shape index (κ2) is 8.97. The SMILES string of the molecule is CC1(C)/C=C\C2CCC([CH]=[Mo+2]=[N]c3ccccc3CC1)C2.[CH3-].[CH3-]. The minimum atomic E-state index is -0.334. The Labute approximate surface area is 151 Å². The number of benzene rings is 1. The molecule has 2 heteroatoms. The van der Waals surface area contributed by atoms with Gasteiger partial charge in [0.2, 0.25) is 0 Å². The molecule has 126 valence electrons. The van der Waals surface area contributed by atoms with E-state index in [1.54, 1.807) is 0 Å². The van der Waals surface area contributed by atoms with E-state index in [1.807, 2.05) is 0 Å². The van der Waals surface area contributed by atoms with Crippen LogP contribution < -0.4 is 0 Å². The Morgan fingerprint density at radius 2 is 1.83 bits per heavy atom. The fourth-order valence-electron chi connectivity index (χ4n) is 3.27. The van der Waals surface area contributed by atoms with Crippen molar-refractivity contribution in [2.45, 2.75) is 46.0 Å². The maximum atomic E-state index is 4.97. The summed E-state index contributed by atoms with van der Waals surface area (Å²) in [6.45, 7) is 4.74. The predicted molar refractivity (Wildman–Crippen MR) is 99.5 cm³/mol. The molecule has 0 amide bonds. The first kappa shape index (κ1) is 20.4. The largest absolute Gasteiger partial charge is 0.358 e. The topological polar surface area (TPSA) is 12.4 Å². The van der Waals surface area contributed by atoms with Gasteiger partial charge in [-0.15, -0.1) is 0 Å².